The second-order valence-corrected chi connectivity index (χ2v) is 18.1. The fourth-order valence-corrected chi connectivity index (χ4v) is 9.15. The Morgan fingerprint density at radius 2 is 0.558 bits per heavy atom. The molecular formula is C42H64O35. The van der Waals surface area contributed by atoms with Gasteiger partial charge in [-0.3, -0.25) is 0 Å². The van der Waals surface area contributed by atoms with Crippen LogP contribution in [0.5, 0.6) is 0 Å². The number of rotatable bonds is 17. The van der Waals surface area contributed by atoms with Gasteiger partial charge in [0.25, 0.3) is 0 Å². The molecule has 6 aliphatic heterocycles. The van der Waals surface area contributed by atoms with Gasteiger partial charge in [-0.2, -0.15) is 0 Å². The van der Waals surface area contributed by atoms with Crippen LogP contribution in [0.3, 0.4) is 0 Å². The highest BCUT2D eigenvalue weighted by Gasteiger charge is 2.60. The molecule has 6 saturated heterocycles. The van der Waals surface area contributed by atoms with Gasteiger partial charge in [-0.15, -0.1) is 0 Å². The maximum atomic E-state index is 13.2. The molecule has 6 heterocycles. The molecule has 0 saturated carbocycles. The minimum atomic E-state index is -2.49. The maximum absolute atomic E-state index is 13.2. The Labute approximate surface area is 434 Å². The minimum Gasteiger partial charge on any atom is -0.479 e. The number of carboxylic acid groups (broad SMARTS) is 1. The van der Waals surface area contributed by atoms with Gasteiger partial charge in [0.1, 0.15) is 110 Å². The fourth-order valence-electron chi connectivity index (χ4n) is 9.15. The molecule has 0 spiro atoms. The molecule has 6 rings (SSSR count). The van der Waals surface area contributed by atoms with E-state index in [-0.39, 0.29) is 0 Å². The van der Waals surface area contributed by atoms with E-state index in [1.54, 1.807) is 0 Å². The zero-order valence-electron chi connectivity index (χ0n) is 41.6. The number of carbonyl (C=O) groups is 5. The summed E-state index contributed by atoms with van der Waals surface area (Å²) >= 11 is 0. The molecular weight excluding hydrogens is 1060 g/mol. The topological polar surface area (TPSA) is 505 Å². The molecule has 442 valence electrons. The fraction of sp³-hybridized carbons (Fsp3) is 0.881. The highest BCUT2D eigenvalue weighted by atomic mass is 16.8. The number of aliphatic hydroxyl groups excluding tert-OH is 12. The first-order valence-electron chi connectivity index (χ1n) is 23.3. The molecule has 13 N–H and O–H groups in total. The largest absolute Gasteiger partial charge is 0.479 e. The second kappa shape index (κ2) is 26.3. The summed E-state index contributed by atoms with van der Waals surface area (Å²) in [7, 11) is 5.75. The Hall–Kier alpha value is -3.65. The van der Waals surface area contributed by atoms with E-state index in [1.807, 2.05) is 0 Å². The van der Waals surface area contributed by atoms with E-state index >= 15 is 0 Å². The summed E-state index contributed by atoms with van der Waals surface area (Å²) in [5, 5.41) is 144. The Morgan fingerprint density at radius 3 is 0.883 bits per heavy atom. The van der Waals surface area contributed by atoms with Gasteiger partial charge in [0.2, 0.25) is 0 Å². The van der Waals surface area contributed by atoms with Crippen LogP contribution < -0.4 is 0 Å². The molecule has 30 atom stereocenters. The van der Waals surface area contributed by atoms with Crippen molar-refractivity contribution in [3.63, 3.8) is 0 Å². The normalized spacial score (nSPS) is 47.5. The van der Waals surface area contributed by atoms with Gasteiger partial charge in [-0.05, 0) is 6.92 Å². The Kier molecular flexibility index (Phi) is 21.4. The lowest BCUT2D eigenvalue weighted by Gasteiger charge is -2.49. The van der Waals surface area contributed by atoms with Gasteiger partial charge in [0, 0.05) is 14.2 Å². The average Bonchev–Trinajstić information content (AvgIpc) is 3.41. The second-order valence-electron chi connectivity index (χ2n) is 18.1. The number of methoxy groups -OCH3 is 6. The van der Waals surface area contributed by atoms with Crippen LogP contribution in [0.25, 0.3) is 0 Å². The van der Waals surface area contributed by atoms with Gasteiger partial charge < -0.3 is 147 Å². The summed E-state index contributed by atoms with van der Waals surface area (Å²) in [5.41, 5.74) is 0. The Balaban J connectivity index is 1.20. The molecule has 0 amide bonds. The SMILES string of the molecule is COC(=O)C1OC(OC2C(C(=O)OC)OC(OC3C(C(=O)O)OC(OC4C(OC5C(C(=O)OC)OC(OC6C(C(=O)OC)OC(OC)C(O)C6O)C(O)C5O)OC(C)C(O)C4O)C(O)C3O)C(O)C2O)C(O)C(O)C1OC. The average molecular weight is 1130 g/mol. The molecule has 0 aromatic heterocycles. The van der Waals surface area contributed by atoms with Crippen LogP contribution in [0.15, 0.2) is 0 Å². The van der Waals surface area contributed by atoms with Gasteiger partial charge in [0.15, 0.2) is 68.3 Å². The highest BCUT2D eigenvalue weighted by molar-refractivity contribution is 5.77. The third-order valence-corrected chi connectivity index (χ3v) is 13.4. The van der Waals surface area contributed by atoms with E-state index in [0.29, 0.717) is 0 Å². The first-order chi connectivity index (χ1) is 36.3. The van der Waals surface area contributed by atoms with Crippen LogP contribution in [-0.2, 0) is 104 Å². The van der Waals surface area contributed by atoms with Crippen molar-refractivity contribution >= 4 is 29.8 Å². The molecule has 0 aliphatic carbocycles. The summed E-state index contributed by atoms with van der Waals surface area (Å²) in [4.78, 5) is 64.2. The van der Waals surface area contributed by atoms with Crippen molar-refractivity contribution in [2.45, 2.75) is 191 Å². The molecule has 0 bridgehead atoms. The van der Waals surface area contributed by atoms with E-state index < -0.39 is 214 Å². The van der Waals surface area contributed by atoms with Crippen molar-refractivity contribution in [2.24, 2.45) is 0 Å². The van der Waals surface area contributed by atoms with Gasteiger partial charge >= 0.3 is 29.8 Å². The zero-order chi connectivity index (χ0) is 57.2. The molecule has 0 aromatic rings. The molecule has 77 heavy (non-hydrogen) atoms. The maximum Gasteiger partial charge on any atom is 0.337 e. The van der Waals surface area contributed by atoms with E-state index in [2.05, 4.69) is 9.47 Å². The Morgan fingerprint density at radius 1 is 0.299 bits per heavy atom. The highest BCUT2D eigenvalue weighted by Crippen LogP contribution is 2.38. The molecule has 6 aliphatic rings. The van der Waals surface area contributed by atoms with Crippen LogP contribution in [0, 0.1) is 0 Å². The number of carbonyl (C=O) groups excluding carboxylic acids is 4. The summed E-state index contributed by atoms with van der Waals surface area (Å²) in [6.45, 7) is 1.20. The van der Waals surface area contributed by atoms with E-state index in [4.69, 9.17) is 71.1 Å². The van der Waals surface area contributed by atoms with Gasteiger partial charge in [-0.1, -0.05) is 0 Å². The van der Waals surface area contributed by atoms with Crippen LogP contribution in [0.1, 0.15) is 6.92 Å². The predicted molar refractivity (Wildman–Crippen MR) is 228 cm³/mol. The monoisotopic (exact) mass is 1130 g/mol. The lowest BCUT2D eigenvalue weighted by Crippen LogP contribution is -2.69. The van der Waals surface area contributed by atoms with Crippen molar-refractivity contribution < 1.29 is 171 Å². The van der Waals surface area contributed by atoms with Crippen LogP contribution in [0.2, 0.25) is 0 Å². The van der Waals surface area contributed by atoms with E-state index in [9.17, 15) is 90.4 Å². The third-order valence-electron chi connectivity index (χ3n) is 13.4. The van der Waals surface area contributed by atoms with Crippen molar-refractivity contribution in [3.8, 4) is 0 Å². The van der Waals surface area contributed by atoms with Crippen molar-refractivity contribution in [1.82, 2.24) is 0 Å². The van der Waals surface area contributed by atoms with Gasteiger partial charge in [-0.25, -0.2) is 24.0 Å². The lowest BCUT2D eigenvalue weighted by atomic mass is 9.95. The number of carboxylic acids is 1. The van der Waals surface area contributed by atoms with Crippen LogP contribution >= 0.6 is 0 Å². The third kappa shape index (κ3) is 12.6. The molecule has 35 heteroatoms. The summed E-state index contributed by atoms with van der Waals surface area (Å²) in [6.07, 6.45) is -63.2. The number of ether oxygens (including phenoxy) is 17. The smallest absolute Gasteiger partial charge is 0.337 e. The lowest BCUT2D eigenvalue weighted by molar-refractivity contribution is -0.395. The summed E-state index contributed by atoms with van der Waals surface area (Å²) in [5.74, 6) is -7.00. The van der Waals surface area contributed by atoms with Gasteiger partial charge in [0.05, 0.1) is 34.5 Å². The van der Waals surface area contributed by atoms with Crippen LogP contribution in [-0.4, -0.2) is 323 Å². The number of aliphatic hydroxyl groups is 12. The number of hydrogen-bond acceptors (Lipinski definition) is 34. The van der Waals surface area contributed by atoms with Crippen LogP contribution in [0.4, 0.5) is 0 Å². The number of esters is 4. The molecule has 0 aromatic carbocycles. The summed E-state index contributed by atoms with van der Waals surface area (Å²) in [6, 6.07) is 0. The Bertz CT molecular complexity index is 2000. The zero-order valence-corrected chi connectivity index (χ0v) is 41.6. The van der Waals surface area contributed by atoms with Crippen molar-refractivity contribution in [2.75, 3.05) is 42.7 Å². The number of hydrogen-bond donors (Lipinski definition) is 13. The minimum absolute atomic E-state index is 0.841. The number of aliphatic carboxylic acids is 1. The summed E-state index contributed by atoms with van der Waals surface area (Å²) < 4.78 is 90.3. The first kappa shape index (κ1) is 62.5. The molecule has 30 unspecified atom stereocenters. The molecule has 35 nitrogen and oxygen atoms in total. The standard InChI is InChI=1S/C42H64O35/c1-8-9(43)10(44)26(42(67-8)71-25-15(49)20(54)40(77-31(25)36(60)65-6)69-23-12(46)16(50)37(66-7)74-29(23)34(58)63-4)72-41-18(52)13(47)22(27(73-41)32(55)56)68-39-19(53)14(48)24(30(76-39)35(59)64-5)70-38-17(51)11(45)21(61-2)28(75-38)33(57)62-3/h8-31,37-54H,1-7H3,(H,55,56). The van der Waals surface area contributed by atoms with Crippen molar-refractivity contribution in [3.05, 3.63) is 0 Å². The molecule has 6 fully saturated rings. The quantitative estimate of drug-likeness (QED) is 0.0475. The van der Waals surface area contributed by atoms with E-state index in [1.165, 1.54) is 6.92 Å². The predicted octanol–water partition coefficient (Wildman–Crippen LogP) is -10.9. The van der Waals surface area contributed by atoms with E-state index in [0.717, 1.165) is 42.7 Å². The van der Waals surface area contributed by atoms with Crippen molar-refractivity contribution in [1.29, 1.82) is 0 Å². The molecule has 0 radical (unpaired) electrons. The first-order valence-corrected chi connectivity index (χ1v) is 23.3.